The van der Waals surface area contributed by atoms with E-state index in [4.69, 9.17) is 0 Å². The molecule has 0 radical (unpaired) electrons. The lowest BCUT2D eigenvalue weighted by atomic mass is 10.2. The Hall–Kier alpha value is -0.610. The molecular weight excluding hydrogens is 180 g/mol. The number of carbonyl (C=O) groups excluding carboxylic acids is 1. The smallest absolute Gasteiger partial charge is 0.306 e. The topological polar surface area (TPSA) is 41.6 Å². The van der Waals surface area contributed by atoms with Crippen molar-refractivity contribution in [2.24, 2.45) is 0 Å². The van der Waals surface area contributed by atoms with Gasteiger partial charge in [0.15, 0.2) is 0 Å². The zero-order chi connectivity index (χ0) is 11.0. The molecule has 0 aliphatic carbocycles. The number of esters is 1. The van der Waals surface area contributed by atoms with Crippen LogP contribution in [0.2, 0.25) is 0 Å². The summed E-state index contributed by atoms with van der Waals surface area (Å²) >= 11 is 0. The quantitative estimate of drug-likeness (QED) is 0.610. The Morgan fingerprint density at radius 3 is 2.64 bits per heavy atom. The number of hydrogen-bond donors (Lipinski definition) is 1. The summed E-state index contributed by atoms with van der Waals surface area (Å²) in [7, 11) is 5.53. The Labute approximate surface area is 86.6 Å². The average molecular weight is 202 g/mol. The first-order chi connectivity index (χ1) is 6.56. The Morgan fingerprint density at radius 1 is 1.50 bits per heavy atom. The number of hydrogen-bond acceptors (Lipinski definition) is 4. The van der Waals surface area contributed by atoms with Crippen LogP contribution in [0.1, 0.15) is 19.8 Å². The maximum Gasteiger partial charge on any atom is 0.306 e. The maximum atomic E-state index is 10.8. The van der Waals surface area contributed by atoms with Crippen molar-refractivity contribution in [3.8, 4) is 0 Å². The van der Waals surface area contributed by atoms with Gasteiger partial charge < -0.3 is 15.0 Å². The van der Waals surface area contributed by atoms with Gasteiger partial charge in [0, 0.05) is 12.6 Å². The fourth-order valence-corrected chi connectivity index (χ4v) is 1.08. The van der Waals surface area contributed by atoms with E-state index in [1.54, 1.807) is 0 Å². The molecule has 0 fully saturated rings. The van der Waals surface area contributed by atoms with Crippen molar-refractivity contribution < 1.29 is 9.53 Å². The molecule has 4 heteroatoms. The minimum absolute atomic E-state index is 0.155. The van der Waals surface area contributed by atoms with Crippen molar-refractivity contribution in [3.05, 3.63) is 0 Å². The molecule has 0 aromatic carbocycles. The summed E-state index contributed by atoms with van der Waals surface area (Å²) in [5.41, 5.74) is 0. The Kier molecular flexibility index (Phi) is 7.42. The number of nitrogens with zero attached hydrogens (tertiary/aromatic N) is 1. The number of nitrogens with one attached hydrogen (secondary N) is 1. The van der Waals surface area contributed by atoms with Crippen molar-refractivity contribution in [1.82, 2.24) is 10.2 Å². The van der Waals surface area contributed by atoms with Gasteiger partial charge in [-0.25, -0.2) is 0 Å². The molecule has 84 valence electrons. The van der Waals surface area contributed by atoms with Crippen molar-refractivity contribution in [2.45, 2.75) is 25.8 Å². The van der Waals surface area contributed by atoms with E-state index in [2.05, 4.69) is 36.0 Å². The average Bonchev–Trinajstić information content (AvgIpc) is 2.14. The molecule has 0 bridgehead atoms. The Bertz CT molecular complexity index is 160. The zero-order valence-electron chi connectivity index (χ0n) is 9.67. The van der Waals surface area contributed by atoms with Gasteiger partial charge in [0.2, 0.25) is 0 Å². The van der Waals surface area contributed by atoms with Gasteiger partial charge in [0.1, 0.15) is 0 Å². The van der Waals surface area contributed by atoms with Gasteiger partial charge in [0.25, 0.3) is 0 Å². The van der Waals surface area contributed by atoms with Gasteiger partial charge >= 0.3 is 5.97 Å². The van der Waals surface area contributed by atoms with Crippen molar-refractivity contribution in [1.29, 1.82) is 0 Å². The molecule has 0 aliphatic heterocycles. The summed E-state index contributed by atoms with van der Waals surface area (Å²) in [5.74, 6) is -0.155. The standard InChI is InChI=1S/C10H22N2O2/c1-9(6-8-12(2)3)11-7-5-10(13)14-4/h9,11H,5-8H2,1-4H3. The van der Waals surface area contributed by atoms with Crippen molar-refractivity contribution in [2.75, 3.05) is 34.3 Å². The van der Waals surface area contributed by atoms with E-state index in [0.717, 1.165) is 13.0 Å². The van der Waals surface area contributed by atoms with Crippen LogP contribution in [-0.4, -0.2) is 51.2 Å². The largest absolute Gasteiger partial charge is 0.469 e. The molecule has 1 atom stereocenters. The van der Waals surface area contributed by atoms with E-state index in [1.807, 2.05) is 0 Å². The Morgan fingerprint density at radius 2 is 2.14 bits per heavy atom. The second-order valence-corrected chi connectivity index (χ2v) is 3.77. The third-order valence-corrected chi connectivity index (χ3v) is 2.06. The molecule has 0 aliphatic rings. The highest BCUT2D eigenvalue weighted by Gasteiger charge is 2.03. The lowest BCUT2D eigenvalue weighted by Crippen LogP contribution is -2.31. The molecule has 0 aromatic heterocycles. The highest BCUT2D eigenvalue weighted by atomic mass is 16.5. The minimum Gasteiger partial charge on any atom is -0.469 e. The lowest BCUT2D eigenvalue weighted by Gasteiger charge is -2.16. The molecular formula is C10H22N2O2. The molecule has 4 nitrogen and oxygen atoms in total. The molecule has 0 spiro atoms. The van der Waals surface area contributed by atoms with Gasteiger partial charge in [0.05, 0.1) is 13.5 Å². The fraction of sp³-hybridized carbons (Fsp3) is 0.900. The first kappa shape index (κ1) is 13.4. The highest BCUT2D eigenvalue weighted by Crippen LogP contribution is 1.92. The number of carbonyl (C=O) groups is 1. The minimum atomic E-state index is -0.155. The maximum absolute atomic E-state index is 10.8. The number of rotatable bonds is 7. The number of ether oxygens (including phenoxy) is 1. The van der Waals surface area contributed by atoms with E-state index in [9.17, 15) is 4.79 Å². The van der Waals surface area contributed by atoms with Crippen LogP contribution in [0.3, 0.4) is 0 Å². The summed E-state index contributed by atoms with van der Waals surface area (Å²) in [6.45, 7) is 3.88. The predicted octanol–water partition coefficient (Wildman–Crippen LogP) is 0.479. The molecule has 14 heavy (non-hydrogen) atoms. The summed E-state index contributed by atoms with van der Waals surface area (Å²) < 4.78 is 4.54. The molecule has 0 aromatic rings. The van der Waals surface area contributed by atoms with Crippen molar-refractivity contribution in [3.63, 3.8) is 0 Å². The van der Waals surface area contributed by atoms with Crippen LogP contribution in [0.25, 0.3) is 0 Å². The van der Waals surface area contributed by atoms with Gasteiger partial charge in [-0.1, -0.05) is 0 Å². The van der Waals surface area contributed by atoms with E-state index in [1.165, 1.54) is 7.11 Å². The molecule has 0 amide bonds. The Balaban J connectivity index is 3.35. The molecule has 0 rings (SSSR count). The second kappa shape index (κ2) is 7.76. The van der Waals surface area contributed by atoms with Crippen LogP contribution >= 0.6 is 0 Å². The van der Waals surface area contributed by atoms with Gasteiger partial charge in [-0.05, 0) is 34.0 Å². The molecule has 1 N–H and O–H groups in total. The summed E-state index contributed by atoms with van der Waals surface area (Å²) in [6.07, 6.45) is 1.54. The number of methoxy groups -OCH3 is 1. The molecule has 0 heterocycles. The first-order valence-electron chi connectivity index (χ1n) is 5.01. The van der Waals surface area contributed by atoms with E-state index in [-0.39, 0.29) is 5.97 Å². The highest BCUT2D eigenvalue weighted by molar-refractivity contribution is 5.69. The van der Waals surface area contributed by atoms with E-state index >= 15 is 0 Å². The van der Waals surface area contributed by atoms with E-state index < -0.39 is 0 Å². The van der Waals surface area contributed by atoms with Gasteiger partial charge in [-0.15, -0.1) is 0 Å². The summed E-state index contributed by atoms with van der Waals surface area (Å²) in [4.78, 5) is 12.9. The zero-order valence-corrected chi connectivity index (χ0v) is 9.67. The lowest BCUT2D eigenvalue weighted by molar-refractivity contribution is -0.140. The summed E-state index contributed by atoms with van der Waals surface area (Å²) in [6, 6.07) is 0.446. The fourth-order valence-electron chi connectivity index (χ4n) is 1.08. The summed E-state index contributed by atoms with van der Waals surface area (Å²) in [5, 5.41) is 3.28. The SMILES string of the molecule is COC(=O)CCNC(C)CCN(C)C. The molecule has 0 saturated heterocycles. The van der Waals surface area contributed by atoms with Crippen molar-refractivity contribution >= 4 is 5.97 Å². The predicted molar refractivity (Wildman–Crippen MR) is 57.3 cm³/mol. The first-order valence-corrected chi connectivity index (χ1v) is 5.01. The van der Waals surface area contributed by atoms with Crippen LogP contribution in [-0.2, 0) is 9.53 Å². The molecule has 0 saturated carbocycles. The van der Waals surface area contributed by atoms with E-state index in [0.29, 0.717) is 19.0 Å². The van der Waals surface area contributed by atoms with Gasteiger partial charge in [-0.3, -0.25) is 4.79 Å². The molecule has 1 unspecified atom stereocenters. The monoisotopic (exact) mass is 202 g/mol. The van der Waals surface area contributed by atoms with Gasteiger partial charge in [-0.2, -0.15) is 0 Å². The van der Waals surface area contributed by atoms with Crippen LogP contribution in [0.15, 0.2) is 0 Å². The van der Waals surface area contributed by atoms with Crippen LogP contribution in [0.4, 0.5) is 0 Å². The van der Waals surface area contributed by atoms with Crippen LogP contribution in [0, 0.1) is 0 Å². The van der Waals surface area contributed by atoms with Crippen LogP contribution in [0.5, 0.6) is 0 Å². The van der Waals surface area contributed by atoms with Crippen LogP contribution < -0.4 is 5.32 Å². The third-order valence-electron chi connectivity index (χ3n) is 2.06. The second-order valence-electron chi connectivity index (χ2n) is 3.77. The third kappa shape index (κ3) is 8.01. The normalized spacial score (nSPS) is 12.9.